The first kappa shape index (κ1) is 11.0. The molecule has 1 heteroatoms. The van der Waals surface area contributed by atoms with Gasteiger partial charge in [0.1, 0.15) is 0 Å². The van der Waals surface area contributed by atoms with Gasteiger partial charge in [0, 0.05) is 0 Å². The van der Waals surface area contributed by atoms with Crippen molar-refractivity contribution in [2.24, 2.45) is 23.2 Å². The first-order chi connectivity index (χ1) is 7.24. The van der Waals surface area contributed by atoms with Crippen LogP contribution in [0.2, 0.25) is 0 Å². The van der Waals surface area contributed by atoms with Crippen molar-refractivity contribution in [1.29, 1.82) is 5.26 Å². The second-order valence-corrected chi connectivity index (χ2v) is 5.73. The maximum Gasteiger partial charge on any atom is 0.0692 e. The molecule has 0 saturated heterocycles. The molecule has 2 bridgehead atoms. The second kappa shape index (κ2) is 4.16. The van der Waals surface area contributed by atoms with Crippen molar-refractivity contribution in [3.8, 4) is 6.07 Å². The molecule has 0 aromatic carbocycles. The zero-order chi connectivity index (χ0) is 10.9. The lowest BCUT2D eigenvalue weighted by Gasteiger charge is -2.33. The Morgan fingerprint density at radius 1 is 1.33 bits per heavy atom. The van der Waals surface area contributed by atoms with E-state index in [1.54, 1.807) is 0 Å². The minimum Gasteiger partial charge on any atom is -0.198 e. The van der Waals surface area contributed by atoms with Gasteiger partial charge in [-0.2, -0.15) is 5.26 Å². The number of nitriles is 1. The summed E-state index contributed by atoms with van der Waals surface area (Å²) in [6.07, 6.45) is 8.97. The zero-order valence-electron chi connectivity index (χ0n) is 10.1. The van der Waals surface area contributed by atoms with Crippen LogP contribution in [0.25, 0.3) is 0 Å². The summed E-state index contributed by atoms with van der Waals surface area (Å²) in [4.78, 5) is 0. The van der Waals surface area contributed by atoms with Crippen LogP contribution in [0, 0.1) is 34.5 Å². The van der Waals surface area contributed by atoms with Crippen LogP contribution in [0.3, 0.4) is 0 Å². The van der Waals surface area contributed by atoms with Gasteiger partial charge < -0.3 is 0 Å². The average Bonchev–Trinajstić information content (AvgIpc) is 2.86. The Bertz CT molecular complexity index is 261. The average molecular weight is 205 g/mol. The standard InChI is InChI=1S/C14H23N/c1-3-11(4-2)8-14(10-15)9-12-5-6-13(14)7-12/h11-13H,3-9H2,1-2H3. The van der Waals surface area contributed by atoms with E-state index in [9.17, 15) is 5.26 Å². The lowest BCUT2D eigenvalue weighted by molar-refractivity contribution is 0.182. The molecular weight excluding hydrogens is 182 g/mol. The smallest absolute Gasteiger partial charge is 0.0692 e. The topological polar surface area (TPSA) is 23.8 Å². The summed E-state index contributed by atoms with van der Waals surface area (Å²) in [7, 11) is 0. The summed E-state index contributed by atoms with van der Waals surface area (Å²) in [5, 5.41) is 9.53. The number of fused-ring (bicyclic) bond motifs is 2. The summed E-state index contributed by atoms with van der Waals surface area (Å²) in [6.45, 7) is 4.54. The Hall–Kier alpha value is -0.510. The van der Waals surface area contributed by atoms with Crippen LogP contribution in [0.4, 0.5) is 0 Å². The van der Waals surface area contributed by atoms with E-state index in [4.69, 9.17) is 0 Å². The summed E-state index contributed by atoms with van der Waals surface area (Å²) in [5.74, 6) is 2.42. The molecule has 0 aliphatic heterocycles. The van der Waals surface area contributed by atoms with Crippen LogP contribution in [0.15, 0.2) is 0 Å². The highest BCUT2D eigenvalue weighted by molar-refractivity contribution is 5.11. The zero-order valence-corrected chi connectivity index (χ0v) is 10.1. The van der Waals surface area contributed by atoms with Crippen LogP contribution >= 0.6 is 0 Å². The Kier molecular flexibility index (Phi) is 3.05. The third-order valence-electron chi connectivity index (χ3n) is 5.01. The van der Waals surface area contributed by atoms with Gasteiger partial charge in [0.25, 0.3) is 0 Å². The van der Waals surface area contributed by atoms with Gasteiger partial charge in [0.2, 0.25) is 0 Å². The highest BCUT2D eigenvalue weighted by atomic mass is 14.6. The minimum atomic E-state index is 0.0829. The Morgan fingerprint density at radius 2 is 2.07 bits per heavy atom. The fraction of sp³-hybridized carbons (Fsp3) is 0.929. The van der Waals surface area contributed by atoms with Crippen molar-refractivity contribution < 1.29 is 0 Å². The predicted octanol–water partition coefficient (Wildman–Crippen LogP) is 4.14. The first-order valence-corrected chi connectivity index (χ1v) is 6.65. The molecule has 2 fully saturated rings. The minimum absolute atomic E-state index is 0.0829. The van der Waals surface area contributed by atoms with E-state index in [2.05, 4.69) is 19.9 Å². The summed E-state index contributed by atoms with van der Waals surface area (Å²) in [5.41, 5.74) is 0.0829. The van der Waals surface area contributed by atoms with E-state index >= 15 is 0 Å². The van der Waals surface area contributed by atoms with Gasteiger partial charge in [0.15, 0.2) is 0 Å². The molecule has 3 atom stereocenters. The summed E-state index contributed by atoms with van der Waals surface area (Å²) < 4.78 is 0. The molecule has 0 amide bonds. The summed E-state index contributed by atoms with van der Waals surface area (Å²) >= 11 is 0. The maximum absolute atomic E-state index is 9.53. The Labute approximate surface area is 93.9 Å². The molecule has 0 heterocycles. The molecule has 2 aliphatic carbocycles. The van der Waals surface area contributed by atoms with E-state index in [0.717, 1.165) is 17.8 Å². The third kappa shape index (κ3) is 1.80. The normalized spacial score (nSPS) is 38.5. The van der Waals surface area contributed by atoms with Gasteiger partial charge in [-0.15, -0.1) is 0 Å². The molecule has 15 heavy (non-hydrogen) atoms. The highest BCUT2D eigenvalue weighted by Gasteiger charge is 2.51. The van der Waals surface area contributed by atoms with Gasteiger partial charge in [-0.05, 0) is 43.4 Å². The van der Waals surface area contributed by atoms with E-state index in [0.29, 0.717) is 0 Å². The predicted molar refractivity (Wildman–Crippen MR) is 62.2 cm³/mol. The van der Waals surface area contributed by atoms with Crippen molar-refractivity contribution in [3.63, 3.8) is 0 Å². The first-order valence-electron chi connectivity index (χ1n) is 6.65. The molecule has 0 spiro atoms. The van der Waals surface area contributed by atoms with Crippen LogP contribution in [-0.2, 0) is 0 Å². The monoisotopic (exact) mass is 205 g/mol. The van der Waals surface area contributed by atoms with Gasteiger partial charge in [-0.25, -0.2) is 0 Å². The quantitative estimate of drug-likeness (QED) is 0.676. The molecule has 0 N–H and O–H groups in total. The highest BCUT2D eigenvalue weighted by Crippen LogP contribution is 2.58. The lowest BCUT2D eigenvalue weighted by Crippen LogP contribution is -2.28. The SMILES string of the molecule is CCC(CC)CC1(C#N)CC2CCC1C2. The van der Waals surface area contributed by atoms with Crippen LogP contribution in [0.5, 0.6) is 0 Å². The number of hydrogen-bond donors (Lipinski definition) is 0. The molecule has 2 rings (SSSR count). The molecule has 2 aliphatic rings. The van der Waals surface area contributed by atoms with Gasteiger partial charge >= 0.3 is 0 Å². The van der Waals surface area contributed by atoms with Gasteiger partial charge in [-0.1, -0.05) is 33.1 Å². The Morgan fingerprint density at radius 3 is 2.47 bits per heavy atom. The second-order valence-electron chi connectivity index (χ2n) is 5.73. The van der Waals surface area contributed by atoms with E-state index < -0.39 is 0 Å². The third-order valence-corrected chi connectivity index (χ3v) is 5.01. The molecule has 0 aromatic heterocycles. The molecule has 2 saturated carbocycles. The number of nitrogens with zero attached hydrogens (tertiary/aromatic N) is 1. The molecular formula is C14H23N. The van der Waals surface area contributed by atoms with Crippen molar-refractivity contribution in [1.82, 2.24) is 0 Å². The maximum atomic E-state index is 9.53. The van der Waals surface area contributed by atoms with Gasteiger partial charge in [0.05, 0.1) is 11.5 Å². The van der Waals surface area contributed by atoms with Crippen LogP contribution < -0.4 is 0 Å². The van der Waals surface area contributed by atoms with Crippen LogP contribution in [0.1, 0.15) is 58.8 Å². The van der Waals surface area contributed by atoms with Crippen molar-refractivity contribution >= 4 is 0 Å². The number of rotatable bonds is 4. The Balaban J connectivity index is 2.07. The molecule has 3 unspecified atom stereocenters. The fourth-order valence-electron chi connectivity index (χ4n) is 3.97. The molecule has 0 radical (unpaired) electrons. The largest absolute Gasteiger partial charge is 0.198 e. The van der Waals surface area contributed by atoms with E-state index in [1.165, 1.54) is 44.9 Å². The van der Waals surface area contributed by atoms with Crippen molar-refractivity contribution in [2.45, 2.75) is 58.8 Å². The van der Waals surface area contributed by atoms with E-state index in [1.807, 2.05) is 0 Å². The summed E-state index contributed by atoms with van der Waals surface area (Å²) in [6, 6.07) is 2.71. The molecule has 84 valence electrons. The molecule has 1 nitrogen and oxygen atoms in total. The van der Waals surface area contributed by atoms with Crippen LogP contribution in [-0.4, -0.2) is 0 Å². The van der Waals surface area contributed by atoms with Crippen molar-refractivity contribution in [3.05, 3.63) is 0 Å². The fourth-order valence-corrected chi connectivity index (χ4v) is 3.97. The van der Waals surface area contributed by atoms with Crippen molar-refractivity contribution in [2.75, 3.05) is 0 Å². The molecule has 0 aromatic rings. The van der Waals surface area contributed by atoms with Gasteiger partial charge in [-0.3, -0.25) is 0 Å². The number of hydrogen-bond acceptors (Lipinski definition) is 1. The lowest BCUT2D eigenvalue weighted by atomic mass is 9.68. The van der Waals surface area contributed by atoms with E-state index in [-0.39, 0.29) is 5.41 Å².